The molecule has 10 heavy (non-hydrogen) atoms. The number of carbonyl (C=O) groups is 2. The number of ketones is 2. The van der Waals surface area contributed by atoms with Crippen LogP contribution in [0.4, 0.5) is 0 Å². The van der Waals surface area contributed by atoms with Gasteiger partial charge in [-0.25, -0.2) is 0 Å². The van der Waals surface area contributed by atoms with Gasteiger partial charge in [0.1, 0.15) is 0 Å². The fraction of sp³-hybridized carbons (Fsp3) is 0.143. The maximum atomic E-state index is 10.8. The van der Waals surface area contributed by atoms with Crippen molar-refractivity contribution >= 4 is 11.6 Å². The molecule has 0 radical (unpaired) electrons. The molecule has 1 aromatic rings. The lowest BCUT2D eigenvalue weighted by molar-refractivity contribution is -0.113. The minimum Gasteiger partial charge on any atom is -0.461 e. The van der Waals surface area contributed by atoms with E-state index in [2.05, 4.69) is 4.42 Å². The fourth-order valence-electron chi connectivity index (χ4n) is 0.581. The van der Waals surface area contributed by atoms with Crippen LogP contribution in [-0.2, 0) is 4.79 Å². The van der Waals surface area contributed by atoms with Crippen LogP contribution in [-0.4, -0.2) is 11.6 Å². The molecule has 0 aromatic carbocycles. The number of Topliss-reactive ketones (excluding diaryl/α,β-unsaturated/α-hetero) is 2. The van der Waals surface area contributed by atoms with Gasteiger partial charge in [-0.2, -0.15) is 0 Å². The number of hydrogen-bond acceptors (Lipinski definition) is 3. The summed E-state index contributed by atoms with van der Waals surface area (Å²) in [4.78, 5) is 21.2. The van der Waals surface area contributed by atoms with Crippen molar-refractivity contribution in [3.8, 4) is 0 Å². The Kier molecular flexibility index (Phi) is 1.67. The Morgan fingerprint density at radius 2 is 2.20 bits per heavy atom. The molecule has 0 spiro atoms. The van der Waals surface area contributed by atoms with Crippen molar-refractivity contribution in [2.24, 2.45) is 0 Å². The zero-order valence-corrected chi connectivity index (χ0v) is 5.46. The van der Waals surface area contributed by atoms with Gasteiger partial charge in [0.15, 0.2) is 5.76 Å². The Morgan fingerprint density at radius 3 is 2.60 bits per heavy atom. The van der Waals surface area contributed by atoms with Gasteiger partial charge >= 0.3 is 0 Å². The summed E-state index contributed by atoms with van der Waals surface area (Å²) in [6.45, 7) is 1.21. The number of furan rings is 1. The Bertz CT molecular complexity index is 246. The monoisotopic (exact) mass is 138 g/mol. The van der Waals surface area contributed by atoms with Crippen molar-refractivity contribution in [2.45, 2.75) is 6.92 Å². The highest BCUT2D eigenvalue weighted by Crippen LogP contribution is 2.00. The van der Waals surface area contributed by atoms with E-state index in [0.29, 0.717) is 0 Å². The van der Waals surface area contributed by atoms with Crippen LogP contribution in [0.2, 0.25) is 0 Å². The smallest absolute Gasteiger partial charge is 0.263 e. The molecule has 3 heteroatoms. The summed E-state index contributed by atoms with van der Waals surface area (Å²) in [5, 5.41) is 0. The van der Waals surface area contributed by atoms with Gasteiger partial charge in [0, 0.05) is 6.92 Å². The lowest BCUT2D eigenvalue weighted by Gasteiger charge is -1.86. The second kappa shape index (κ2) is 2.47. The summed E-state index contributed by atoms with van der Waals surface area (Å²) in [5.74, 6) is -0.979. The van der Waals surface area contributed by atoms with Gasteiger partial charge in [-0.05, 0) is 12.1 Å². The van der Waals surface area contributed by atoms with E-state index in [4.69, 9.17) is 0 Å². The minimum atomic E-state index is -0.579. The van der Waals surface area contributed by atoms with Crippen LogP contribution in [0.1, 0.15) is 17.5 Å². The van der Waals surface area contributed by atoms with Crippen molar-refractivity contribution in [2.75, 3.05) is 0 Å². The van der Waals surface area contributed by atoms with E-state index in [9.17, 15) is 9.59 Å². The largest absolute Gasteiger partial charge is 0.461 e. The highest BCUT2D eigenvalue weighted by Gasteiger charge is 2.12. The molecule has 0 fully saturated rings. The molecule has 0 unspecified atom stereocenters. The van der Waals surface area contributed by atoms with E-state index in [0.717, 1.165) is 0 Å². The lowest BCUT2D eigenvalue weighted by Crippen LogP contribution is -2.07. The first-order chi connectivity index (χ1) is 4.72. The highest BCUT2D eigenvalue weighted by molar-refractivity contribution is 6.42. The summed E-state index contributed by atoms with van der Waals surface area (Å²) in [7, 11) is 0. The molecule has 0 aliphatic heterocycles. The molecule has 3 nitrogen and oxygen atoms in total. The van der Waals surface area contributed by atoms with Crippen LogP contribution >= 0.6 is 0 Å². The normalized spacial score (nSPS) is 9.30. The van der Waals surface area contributed by atoms with E-state index in [1.165, 1.54) is 19.3 Å². The maximum absolute atomic E-state index is 10.8. The number of hydrogen-bond donors (Lipinski definition) is 0. The van der Waals surface area contributed by atoms with E-state index >= 15 is 0 Å². The Hall–Kier alpha value is -1.38. The number of rotatable bonds is 2. The molecule has 0 saturated heterocycles. The standard InChI is InChI=1S/C7H6O3/c1-5(8)7(9)6-3-2-4-10-6/h2-4H,1H3. The summed E-state index contributed by atoms with van der Waals surface area (Å²) >= 11 is 0. The van der Waals surface area contributed by atoms with Crippen molar-refractivity contribution in [3.63, 3.8) is 0 Å². The first-order valence-corrected chi connectivity index (χ1v) is 2.80. The predicted molar refractivity (Wildman–Crippen MR) is 33.7 cm³/mol. The Balaban J connectivity index is 2.88. The van der Waals surface area contributed by atoms with E-state index in [1.807, 2.05) is 0 Å². The van der Waals surface area contributed by atoms with Crippen LogP contribution in [0.5, 0.6) is 0 Å². The summed E-state index contributed by atoms with van der Waals surface area (Å²) in [6.07, 6.45) is 1.36. The third-order valence-electron chi connectivity index (χ3n) is 1.06. The molecule has 0 saturated carbocycles. The Labute approximate surface area is 57.6 Å². The average Bonchev–Trinajstić information content (AvgIpc) is 2.36. The van der Waals surface area contributed by atoms with Crippen LogP contribution in [0.3, 0.4) is 0 Å². The zero-order valence-electron chi connectivity index (χ0n) is 5.46. The maximum Gasteiger partial charge on any atom is 0.263 e. The number of carbonyl (C=O) groups excluding carboxylic acids is 2. The molecule has 0 atom stereocenters. The summed E-state index contributed by atoms with van der Waals surface area (Å²) in [5.41, 5.74) is 0. The molecular weight excluding hydrogens is 132 g/mol. The quantitative estimate of drug-likeness (QED) is 0.453. The minimum absolute atomic E-state index is 0.104. The van der Waals surface area contributed by atoms with Crippen LogP contribution in [0.15, 0.2) is 22.8 Å². The molecule has 1 rings (SSSR count). The highest BCUT2D eigenvalue weighted by atomic mass is 16.3. The van der Waals surface area contributed by atoms with E-state index in [-0.39, 0.29) is 5.76 Å². The van der Waals surface area contributed by atoms with Crippen molar-refractivity contribution in [1.82, 2.24) is 0 Å². The zero-order chi connectivity index (χ0) is 7.56. The lowest BCUT2D eigenvalue weighted by atomic mass is 10.2. The first-order valence-electron chi connectivity index (χ1n) is 2.80. The van der Waals surface area contributed by atoms with E-state index in [1.54, 1.807) is 6.07 Å². The second-order valence-electron chi connectivity index (χ2n) is 1.86. The third kappa shape index (κ3) is 1.13. The SMILES string of the molecule is CC(=O)C(=O)c1ccco1. The van der Waals surface area contributed by atoms with Crippen LogP contribution in [0, 0.1) is 0 Å². The molecule has 0 N–H and O–H groups in total. The van der Waals surface area contributed by atoms with Gasteiger partial charge in [-0.15, -0.1) is 0 Å². The molecule has 0 bridgehead atoms. The fourth-order valence-corrected chi connectivity index (χ4v) is 0.581. The Morgan fingerprint density at radius 1 is 1.50 bits per heavy atom. The van der Waals surface area contributed by atoms with Gasteiger partial charge in [-0.1, -0.05) is 0 Å². The summed E-state index contributed by atoms with van der Waals surface area (Å²) < 4.78 is 4.69. The molecule has 0 aliphatic rings. The average molecular weight is 138 g/mol. The summed E-state index contributed by atoms with van der Waals surface area (Å²) in [6, 6.07) is 3.03. The van der Waals surface area contributed by atoms with Gasteiger partial charge in [0.2, 0.25) is 5.78 Å². The van der Waals surface area contributed by atoms with Crippen LogP contribution in [0.25, 0.3) is 0 Å². The van der Waals surface area contributed by atoms with Gasteiger partial charge in [-0.3, -0.25) is 9.59 Å². The van der Waals surface area contributed by atoms with Gasteiger partial charge in [0.05, 0.1) is 6.26 Å². The van der Waals surface area contributed by atoms with Crippen molar-refractivity contribution in [1.29, 1.82) is 0 Å². The van der Waals surface area contributed by atoms with Crippen molar-refractivity contribution in [3.05, 3.63) is 24.2 Å². The van der Waals surface area contributed by atoms with E-state index < -0.39 is 11.6 Å². The molecule has 0 amide bonds. The van der Waals surface area contributed by atoms with Crippen LogP contribution < -0.4 is 0 Å². The predicted octanol–water partition coefficient (Wildman–Crippen LogP) is 1.05. The van der Waals surface area contributed by atoms with Gasteiger partial charge in [0.25, 0.3) is 5.78 Å². The topological polar surface area (TPSA) is 47.3 Å². The van der Waals surface area contributed by atoms with Crippen molar-refractivity contribution < 1.29 is 14.0 Å². The first kappa shape index (κ1) is 6.74. The third-order valence-corrected chi connectivity index (χ3v) is 1.06. The molecule has 0 aliphatic carbocycles. The van der Waals surface area contributed by atoms with Gasteiger partial charge < -0.3 is 4.42 Å². The molecule has 52 valence electrons. The molecule has 1 aromatic heterocycles. The molecule has 1 heterocycles. The second-order valence-corrected chi connectivity index (χ2v) is 1.86. The molecular formula is C7H6O3.